The van der Waals surface area contributed by atoms with E-state index in [1.54, 1.807) is 26.8 Å². The minimum atomic E-state index is -1.14. The SMILES string of the molecule is CC(C)(C)NC(=O)C(=O)[C@H](C[C@@H]1CCCC1=O)NC(=O)[C@@H](CC(=O)c1cnc2ccccc2n1)CC1CCCCC1. The van der Waals surface area contributed by atoms with E-state index >= 15 is 0 Å². The predicted octanol–water partition coefficient (Wildman–Crippen LogP) is 4.52. The zero-order valence-corrected chi connectivity index (χ0v) is 24.4. The molecule has 0 saturated heterocycles. The topological polar surface area (TPSA) is 135 Å². The van der Waals surface area contributed by atoms with Gasteiger partial charge in [0.2, 0.25) is 11.7 Å². The normalized spacial score (nSPS) is 19.5. The summed E-state index contributed by atoms with van der Waals surface area (Å²) in [5, 5.41) is 5.50. The van der Waals surface area contributed by atoms with Gasteiger partial charge in [-0.15, -0.1) is 0 Å². The van der Waals surface area contributed by atoms with Crippen LogP contribution >= 0.6 is 0 Å². The van der Waals surface area contributed by atoms with E-state index in [0.717, 1.165) is 38.5 Å². The van der Waals surface area contributed by atoms with Gasteiger partial charge < -0.3 is 10.6 Å². The highest BCUT2D eigenvalue weighted by Crippen LogP contribution is 2.31. The predicted molar refractivity (Wildman–Crippen MR) is 155 cm³/mol. The van der Waals surface area contributed by atoms with Crippen molar-refractivity contribution in [1.82, 2.24) is 20.6 Å². The lowest BCUT2D eigenvalue weighted by Crippen LogP contribution is -2.53. The Balaban J connectivity index is 1.54. The molecule has 9 nitrogen and oxygen atoms in total. The Morgan fingerprint density at radius 2 is 1.66 bits per heavy atom. The van der Waals surface area contributed by atoms with Gasteiger partial charge in [-0.2, -0.15) is 0 Å². The molecule has 4 rings (SSSR count). The summed E-state index contributed by atoms with van der Waals surface area (Å²) in [6, 6.07) is 6.14. The third-order valence-corrected chi connectivity index (χ3v) is 8.18. The number of aromatic nitrogens is 2. The molecule has 2 aliphatic carbocycles. The van der Waals surface area contributed by atoms with E-state index in [9.17, 15) is 24.0 Å². The zero-order chi connectivity index (χ0) is 29.6. The largest absolute Gasteiger partial charge is 0.345 e. The second kappa shape index (κ2) is 13.4. The van der Waals surface area contributed by atoms with Gasteiger partial charge in [-0.25, -0.2) is 4.98 Å². The van der Waals surface area contributed by atoms with Crippen LogP contribution in [-0.2, 0) is 19.2 Å². The van der Waals surface area contributed by atoms with Crippen LogP contribution in [0.4, 0.5) is 0 Å². The minimum absolute atomic E-state index is 0.0529. The number of benzene rings is 1. The monoisotopic (exact) mass is 562 g/mol. The van der Waals surface area contributed by atoms with Crippen molar-refractivity contribution in [3.8, 4) is 0 Å². The average molecular weight is 563 g/mol. The first-order valence-corrected chi connectivity index (χ1v) is 14.9. The first-order valence-electron chi connectivity index (χ1n) is 14.9. The Bertz CT molecular complexity index is 1290. The number of nitrogens with zero attached hydrogens (tertiary/aromatic N) is 2. The van der Waals surface area contributed by atoms with Crippen molar-refractivity contribution in [2.24, 2.45) is 17.8 Å². The molecule has 3 atom stereocenters. The molecule has 0 spiro atoms. The van der Waals surface area contributed by atoms with Gasteiger partial charge in [0.05, 0.1) is 23.3 Å². The van der Waals surface area contributed by atoms with Crippen LogP contribution in [0.1, 0.15) is 102 Å². The second-order valence-corrected chi connectivity index (χ2v) is 12.7. The Morgan fingerprint density at radius 3 is 2.32 bits per heavy atom. The van der Waals surface area contributed by atoms with Crippen molar-refractivity contribution in [2.75, 3.05) is 0 Å². The minimum Gasteiger partial charge on any atom is -0.345 e. The van der Waals surface area contributed by atoms with Gasteiger partial charge in [0, 0.05) is 30.2 Å². The maximum Gasteiger partial charge on any atom is 0.290 e. The van der Waals surface area contributed by atoms with Crippen molar-refractivity contribution < 1.29 is 24.0 Å². The molecule has 2 fully saturated rings. The Hall–Kier alpha value is -3.49. The Labute approximate surface area is 241 Å². The standard InChI is InChI=1S/C32H42N4O5/c1-32(2,3)36-31(41)29(39)25(17-21-12-9-15-27(21)37)35-30(40)22(16-20-10-5-4-6-11-20)18-28(38)26-19-33-23-13-7-8-14-24(23)34-26/h7-8,13-14,19-22,25H,4-6,9-12,15-18H2,1-3H3,(H,35,40)(H,36,41)/t21-,22+,25-/m0/s1. The number of carbonyl (C=O) groups excluding carboxylic acids is 5. The fraction of sp³-hybridized carbons (Fsp3) is 0.594. The van der Waals surface area contributed by atoms with Crippen molar-refractivity contribution in [3.05, 3.63) is 36.2 Å². The maximum atomic E-state index is 13.8. The van der Waals surface area contributed by atoms with Gasteiger partial charge in [0.1, 0.15) is 11.5 Å². The number of para-hydroxylation sites is 2. The molecular weight excluding hydrogens is 520 g/mol. The Kier molecular flexibility index (Phi) is 9.99. The fourth-order valence-electron chi connectivity index (χ4n) is 6.03. The summed E-state index contributed by atoms with van der Waals surface area (Å²) in [5.41, 5.74) is 0.834. The molecular formula is C32H42N4O5. The highest BCUT2D eigenvalue weighted by atomic mass is 16.2. The third kappa shape index (κ3) is 8.50. The number of carbonyl (C=O) groups is 5. The summed E-state index contributed by atoms with van der Waals surface area (Å²) in [4.78, 5) is 74.6. The number of hydrogen-bond acceptors (Lipinski definition) is 7. The first-order chi connectivity index (χ1) is 19.5. The summed E-state index contributed by atoms with van der Waals surface area (Å²) < 4.78 is 0. The molecule has 1 aromatic carbocycles. The smallest absolute Gasteiger partial charge is 0.290 e. The highest BCUT2D eigenvalue weighted by molar-refractivity contribution is 6.38. The molecule has 41 heavy (non-hydrogen) atoms. The zero-order valence-electron chi connectivity index (χ0n) is 24.4. The number of amides is 2. The van der Waals surface area contributed by atoms with Gasteiger partial charge in [0.15, 0.2) is 5.78 Å². The quantitative estimate of drug-likeness (QED) is 0.304. The number of fused-ring (bicyclic) bond motifs is 1. The summed E-state index contributed by atoms with van der Waals surface area (Å²) in [7, 11) is 0. The molecule has 2 N–H and O–H groups in total. The van der Waals surface area contributed by atoms with Gasteiger partial charge in [-0.05, 0) is 64.5 Å². The van der Waals surface area contributed by atoms with Crippen LogP contribution in [0.3, 0.4) is 0 Å². The summed E-state index contributed by atoms with van der Waals surface area (Å²) >= 11 is 0. The number of nitrogens with one attached hydrogen (secondary N) is 2. The summed E-state index contributed by atoms with van der Waals surface area (Å²) in [5.74, 6) is -3.02. The molecule has 2 aromatic rings. The molecule has 2 saturated carbocycles. The van der Waals surface area contributed by atoms with Gasteiger partial charge >= 0.3 is 0 Å². The number of hydrogen-bond donors (Lipinski definition) is 2. The molecule has 1 heterocycles. The number of Topliss-reactive ketones (excluding diaryl/α,β-unsaturated/α-hetero) is 3. The van der Waals surface area contributed by atoms with Crippen molar-refractivity contribution in [3.63, 3.8) is 0 Å². The molecule has 0 radical (unpaired) electrons. The molecule has 1 aromatic heterocycles. The second-order valence-electron chi connectivity index (χ2n) is 12.7. The lowest BCUT2D eigenvalue weighted by atomic mass is 9.80. The summed E-state index contributed by atoms with van der Waals surface area (Å²) in [6.07, 6.45) is 9.07. The van der Waals surface area contributed by atoms with Gasteiger partial charge in [0.25, 0.3) is 5.91 Å². The van der Waals surface area contributed by atoms with Crippen molar-refractivity contribution in [2.45, 2.75) is 103 Å². The van der Waals surface area contributed by atoms with Crippen LogP contribution in [0.15, 0.2) is 30.5 Å². The average Bonchev–Trinajstić information content (AvgIpc) is 3.35. The van der Waals surface area contributed by atoms with E-state index in [-0.39, 0.29) is 36.0 Å². The van der Waals surface area contributed by atoms with Crippen LogP contribution < -0.4 is 10.6 Å². The van der Waals surface area contributed by atoms with Crippen LogP contribution in [0.25, 0.3) is 11.0 Å². The van der Waals surface area contributed by atoms with Crippen LogP contribution in [0.2, 0.25) is 0 Å². The lowest BCUT2D eigenvalue weighted by Gasteiger charge is -2.28. The Morgan fingerprint density at radius 1 is 0.951 bits per heavy atom. The first kappa shape index (κ1) is 30.5. The fourth-order valence-corrected chi connectivity index (χ4v) is 6.03. The number of rotatable bonds is 11. The van der Waals surface area contributed by atoms with Crippen molar-refractivity contribution in [1.29, 1.82) is 0 Å². The van der Waals surface area contributed by atoms with E-state index < -0.39 is 35.1 Å². The highest BCUT2D eigenvalue weighted by Gasteiger charge is 2.37. The van der Waals surface area contributed by atoms with Crippen LogP contribution in [-0.4, -0.2) is 50.7 Å². The maximum absolute atomic E-state index is 13.8. The molecule has 220 valence electrons. The molecule has 0 bridgehead atoms. The molecule has 2 aliphatic rings. The van der Waals surface area contributed by atoms with E-state index in [0.29, 0.717) is 36.2 Å². The molecule has 0 aliphatic heterocycles. The van der Waals surface area contributed by atoms with Gasteiger partial charge in [-0.3, -0.25) is 29.0 Å². The number of ketones is 3. The van der Waals surface area contributed by atoms with Crippen molar-refractivity contribution >= 4 is 40.2 Å². The van der Waals surface area contributed by atoms with E-state index in [4.69, 9.17) is 0 Å². The molecule has 2 amide bonds. The van der Waals surface area contributed by atoms with E-state index in [1.165, 1.54) is 6.20 Å². The van der Waals surface area contributed by atoms with Crippen LogP contribution in [0, 0.1) is 17.8 Å². The van der Waals surface area contributed by atoms with E-state index in [2.05, 4.69) is 20.6 Å². The molecule has 0 unspecified atom stereocenters. The van der Waals surface area contributed by atoms with Crippen LogP contribution in [0.5, 0.6) is 0 Å². The third-order valence-electron chi connectivity index (χ3n) is 8.18. The summed E-state index contributed by atoms with van der Waals surface area (Å²) in [6.45, 7) is 5.31. The molecule has 9 heteroatoms. The lowest BCUT2D eigenvalue weighted by molar-refractivity contribution is -0.141. The van der Waals surface area contributed by atoms with E-state index in [1.807, 2.05) is 18.2 Å². The van der Waals surface area contributed by atoms with Gasteiger partial charge in [-0.1, -0.05) is 44.2 Å².